The van der Waals surface area contributed by atoms with E-state index >= 15 is 0 Å². The maximum atomic E-state index is 2.31. The molecule has 0 aliphatic heterocycles. The Morgan fingerprint density at radius 2 is 2.00 bits per heavy atom. The first-order valence-corrected chi connectivity index (χ1v) is 5.17. The summed E-state index contributed by atoms with van der Waals surface area (Å²) < 4.78 is 1.67. The number of unbranched alkanes of at least 4 members (excludes halogenated alkanes) is 1. The molecule has 0 aromatic heterocycles. The van der Waals surface area contributed by atoms with Gasteiger partial charge in [0.2, 0.25) is 0 Å². The zero-order chi connectivity index (χ0) is 7.40. The van der Waals surface area contributed by atoms with Crippen molar-refractivity contribution in [1.29, 1.82) is 0 Å². The molecule has 0 fully saturated rings. The summed E-state index contributed by atoms with van der Waals surface area (Å²) in [4.78, 5) is 0. The topological polar surface area (TPSA) is 0 Å². The van der Waals surface area contributed by atoms with Crippen LogP contribution in [-0.4, -0.2) is 0 Å². The van der Waals surface area contributed by atoms with Crippen molar-refractivity contribution < 1.29 is 50.9 Å². The molecule has 73 valence electrons. The van der Waals surface area contributed by atoms with E-state index in [1.165, 1.54) is 25.7 Å². The van der Waals surface area contributed by atoms with Crippen molar-refractivity contribution in [3.05, 3.63) is 21.0 Å². The molecule has 13 heavy (non-hydrogen) atoms. The summed E-state index contributed by atoms with van der Waals surface area (Å²) in [6.45, 7) is 2.25. The summed E-state index contributed by atoms with van der Waals surface area (Å²) in [5.41, 5.74) is 1.63. The zero-order valence-corrected chi connectivity index (χ0v) is 14.3. The Bertz CT molecular complexity index is 176. The molecule has 0 saturated heterocycles. The number of allylic oxidation sites excluding steroid dienone is 4. The number of halogens is 2. The van der Waals surface area contributed by atoms with Gasteiger partial charge in [-0.25, -0.2) is 0 Å². The van der Waals surface area contributed by atoms with Crippen molar-refractivity contribution in [2.75, 3.05) is 0 Å². The average Bonchev–Trinajstić information content (AvgIpc) is 2.31. The molecule has 0 amide bonds. The van der Waals surface area contributed by atoms with Crippen molar-refractivity contribution in [3.8, 4) is 0 Å². The van der Waals surface area contributed by atoms with Gasteiger partial charge in [-0.2, -0.15) is 0 Å². The van der Waals surface area contributed by atoms with E-state index in [2.05, 4.69) is 19.1 Å². The van der Waals surface area contributed by atoms with Crippen LogP contribution in [0.4, 0.5) is 0 Å². The van der Waals surface area contributed by atoms with Crippen LogP contribution in [-0.2, 0) is 50.9 Å². The van der Waals surface area contributed by atoms with E-state index in [1.807, 2.05) is 0 Å². The van der Waals surface area contributed by atoms with E-state index in [-0.39, 0.29) is 51.0 Å². The van der Waals surface area contributed by atoms with E-state index in [9.17, 15) is 0 Å². The Hall–Kier alpha value is 1.83. The largest absolute Gasteiger partial charge is 0.147 e. The second-order valence-electron chi connectivity index (χ2n) is 2.71. The molecule has 0 bridgehead atoms. The van der Waals surface area contributed by atoms with Gasteiger partial charge in [0.25, 0.3) is 0 Å². The number of hydrogen-bond acceptors (Lipinski definition) is 0. The molecule has 0 saturated carbocycles. The Morgan fingerprint density at radius 3 is 2.38 bits per heavy atom. The molecule has 1 aliphatic carbocycles. The minimum absolute atomic E-state index is 0. The van der Waals surface area contributed by atoms with Gasteiger partial charge in [-0.3, -0.25) is 0 Å². The van der Waals surface area contributed by atoms with Crippen molar-refractivity contribution in [3.63, 3.8) is 0 Å². The first-order valence-electron chi connectivity index (χ1n) is 3.94. The van der Waals surface area contributed by atoms with Crippen LogP contribution in [0.1, 0.15) is 32.6 Å². The Morgan fingerprint density at radius 1 is 1.38 bits per heavy atom. The van der Waals surface area contributed by atoms with Crippen molar-refractivity contribution >= 4 is 24.8 Å². The van der Waals surface area contributed by atoms with E-state index in [0.29, 0.717) is 0 Å². The van der Waals surface area contributed by atoms with Gasteiger partial charge in [0.1, 0.15) is 0 Å². The average molecular weight is 377 g/mol. The zero-order valence-electron chi connectivity index (χ0n) is 7.80. The number of hydrogen-bond donors (Lipinski definition) is 0. The molecule has 0 atom stereocenters. The van der Waals surface area contributed by atoms with E-state index in [4.69, 9.17) is 0 Å². The van der Waals surface area contributed by atoms with Crippen LogP contribution in [0.2, 0.25) is 0 Å². The van der Waals surface area contributed by atoms with Gasteiger partial charge in [0, 0.05) is 26.2 Å². The first-order chi connectivity index (χ1) is 4.84. The van der Waals surface area contributed by atoms with Crippen LogP contribution in [0.25, 0.3) is 0 Å². The van der Waals surface area contributed by atoms with E-state index in [0.717, 1.165) is 0 Å². The monoisotopic (exact) mass is 373 g/mol. The van der Waals surface area contributed by atoms with Crippen LogP contribution in [0.15, 0.2) is 21.0 Å². The second-order valence-corrected chi connectivity index (χ2v) is 4.20. The Balaban J connectivity index is -0.000000333. The maximum absolute atomic E-state index is 2.31. The molecule has 0 aromatic rings. The molecule has 0 spiro atoms. The third-order valence-corrected chi connectivity index (χ3v) is 3.12. The van der Waals surface area contributed by atoms with Gasteiger partial charge < -0.3 is 0 Å². The fraction of sp³-hybridized carbons (Fsp3) is 0.556. The van der Waals surface area contributed by atoms with E-state index in [1.54, 1.807) is 33.6 Å². The Kier molecular flexibility index (Phi) is 18.5. The number of rotatable bonds is 3. The molecule has 0 nitrogen and oxygen atoms in total. The van der Waals surface area contributed by atoms with Gasteiger partial charge in [-0.05, 0) is 0 Å². The summed E-state index contributed by atoms with van der Waals surface area (Å²) >= 11 is 1.61. The van der Waals surface area contributed by atoms with Crippen molar-refractivity contribution in [2.24, 2.45) is 0 Å². The summed E-state index contributed by atoms with van der Waals surface area (Å²) in [6, 6.07) is 0. The normalized spacial score (nSPS) is 12.9. The van der Waals surface area contributed by atoms with E-state index < -0.39 is 0 Å². The van der Waals surface area contributed by atoms with Gasteiger partial charge in [-0.1, -0.05) is 0 Å². The summed E-state index contributed by atoms with van der Waals surface area (Å²) in [5, 5.41) is 0. The minimum atomic E-state index is 0. The van der Waals surface area contributed by atoms with Crippen LogP contribution in [0, 0.1) is 0 Å². The van der Waals surface area contributed by atoms with Crippen molar-refractivity contribution in [1.82, 2.24) is 0 Å². The quantitative estimate of drug-likeness (QED) is 0.703. The summed E-state index contributed by atoms with van der Waals surface area (Å²) in [6.07, 6.45) is 9.82. The SMILES string of the molecule is CCCCC1=[C]([Zr])CC=C1.Cl.Cl.[Zr]. The fourth-order valence-electron chi connectivity index (χ4n) is 1.15. The fourth-order valence-corrected chi connectivity index (χ4v) is 1.95. The van der Waals surface area contributed by atoms with Crippen molar-refractivity contribution in [2.45, 2.75) is 32.6 Å². The molecular weight excluding hydrogens is 361 g/mol. The molecule has 0 heterocycles. The molecule has 1 aliphatic rings. The molecule has 4 heteroatoms. The third kappa shape index (κ3) is 7.72. The minimum Gasteiger partial charge on any atom is -0.147 e. The predicted octanol–water partition coefficient (Wildman–Crippen LogP) is 3.78. The third-order valence-electron chi connectivity index (χ3n) is 1.83. The van der Waals surface area contributed by atoms with Gasteiger partial charge in [0.15, 0.2) is 0 Å². The van der Waals surface area contributed by atoms with Gasteiger partial charge in [0.05, 0.1) is 0 Å². The Labute approximate surface area is 128 Å². The molecule has 0 N–H and O–H groups in total. The molecule has 0 unspecified atom stereocenters. The summed E-state index contributed by atoms with van der Waals surface area (Å²) in [5.74, 6) is 0. The van der Waals surface area contributed by atoms with Crippen LogP contribution < -0.4 is 0 Å². The molecule has 1 rings (SSSR count). The standard InChI is InChI=1S/C9H13.2ClH.2Zr/c1-2-3-6-9-7-4-5-8-9;;;;/h4,7H,2-3,5-6H2,1H3;2*1H;;. The molecule has 0 radical (unpaired) electrons. The molecular formula is C9H15Cl2Zr2. The summed E-state index contributed by atoms with van der Waals surface area (Å²) in [7, 11) is 0. The van der Waals surface area contributed by atoms with Crippen LogP contribution >= 0.6 is 24.8 Å². The molecule has 0 aromatic carbocycles. The predicted molar refractivity (Wildman–Crippen MR) is 54.8 cm³/mol. The smallest absolute Gasteiger partial charge is 0 e. The maximum Gasteiger partial charge on any atom is 0 e. The van der Waals surface area contributed by atoms with Crippen LogP contribution in [0.5, 0.6) is 0 Å². The van der Waals surface area contributed by atoms with Gasteiger partial charge in [-0.15, -0.1) is 24.8 Å². The van der Waals surface area contributed by atoms with Crippen LogP contribution in [0.3, 0.4) is 0 Å². The first kappa shape index (κ1) is 20.3. The van der Waals surface area contributed by atoms with Gasteiger partial charge >= 0.3 is 78.3 Å². The second kappa shape index (κ2) is 11.9.